The number of sulfonamides is 4. The number of urea groups is 4. The first-order valence-corrected chi connectivity index (χ1v) is 46.7. The molecular weight excluding hydrogens is 1750 g/mol. The third kappa shape index (κ3) is 22.2. The molecule has 8 N–H and O–H groups in total. The van der Waals surface area contributed by atoms with Gasteiger partial charge >= 0.3 is 34.1 Å². The number of nitrogens with zero attached hydrogens (tertiary/aromatic N) is 14. The number of pyridine rings is 4. The lowest BCUT2D eigenvalue weighted by Crippen LogP contribution is -2.35. The molecule has 0 saturated carbocycles. The van der Waals surface area contributed by atoms with Gasteiger partial charge in [0.1, 0.15) is 17.8 Å². The zero-order valence-electron chi connectivity index (χ0n) is 71.7. The summed E-state index contributed by atoms with van der Waals surface area (Å²) in [5, 5.41) is 25.0. The molecule has 4 aliphatic carbocycles. The Hall–Kier alpha value is -13.9. The predicted molar refractivity (Wildman–Crippen MR) is 472 cm³/mol. The first kappa shape index (κ1) is 92.8. The molecule has 0 fully saturated rings. The summed E-state index contributed by atoms with van der Waals surface area (Å²) in [7, 11) is -10.8. The lowest BCUT2D eigenvalue weighted by atomic mass is 9.98. The highest BCUT2D eigenvalue weighted by Crippen LogP contribution is 2.43. The quantitative estimate of drug-likeness (QED) is 0.0263. The summed E-state index contributed by atoms with van der Waals surface area (Å²) in [6.07, 6.45) is 21.5. The van der Waals surface area contributed by atoms with Gasteiger partial charge in [-0.1, -0.05) is 53.7 Å². The second-order valence-electron chi connectivity index (χ2n) is 30.8. The maximum Gasteiger partial charge on any atom is 0.333 e. The highest BCUT2D eigenvalue weighted by Gasteiger charge is 2.32. The van der Waals surface area contributed by atoms with Gasteiger partial charge < -0.3 is 44.8 Å². The van der Waals surface area contributed by atoms with Gasteiger partial charge in [-0.25, -0.2) is 94.5 Å². The van der Waals surface area contributed by atoms with E-state index in [9.17, 15) is 61.6 Å². The highest BCUT2D eigenvalue weighted by atomic mass is 32.2. The number of carbonyl (C=O) groups is 4. The molecule has 12 aromatic rings. The van der Waals surface area contributed by atoms with Crippen molar-refractivity contribution in [2.45, 2.75) is 170 Å². The monoisotopic (exact) mass is 1840 g/mol. The van der Waals surface area contributed by atoms with E-state index in [1.165, 1.54) is 62.9 Å². The Labute approximate surface area is 742 Å². The van der Waals surface area contributed by atoms with E-state index in [1.807, 2.05) is 122 Å². The number of nitrogens with one attached hydrogen (secondary N) is 8. The van der Waals surface area contributed by atoms with Crippen molar-refractivity contribution in [3.05, 3.63) is 204 Å². The van der Waals surface area contributed by atoms with Gasteiger partial charge in [0.15, 0.2) is 5.03 Å². The zero-order chi connectivity index (χ0) is 92.2. The van der Waals surface area contributed by atoms with Gasteiger partial charge in [0, 0.05) is 102 Å². The van der Waals surface area contributed by atoms with E-state index in [0.717, 1.165) is 178 Å². The number of anilines is 4. The second-order valence-corrected chi connectivity index (χ2v) is 37.3. The first-order valence-electron chi connectivity index (χ1n) is 40.7. The molecule has 129 heavy (non-hydrogen) atoms. The number of halogens is 2. The zero-order valence-corrected chi connectivity index (χ0v) is 75.0. The van der Waals surface area contributed by atoms with Gasteiger partial charge in [-0.2, -0.15) is 30.4 Å². The van der Waals surface area contributed by atoms with Gasteiger partial charge in [-0.3, -0.25) is 4.68 Å². The molecule has 0 atom stereocenters. The molecule has 8 heterocycles. The molecule has 8 amide bonds. The molecule has 8 aromatic heterocycles. The van der Waals surface area contributed by atoms with Crippen LogP contribution in [0.15, 0.2) is 179 Å². The third-order valence-electron chi connectivity index (χ3n) is 21.3. The molecule has 0 aliphatic heterocycles. The minimum absolute atomic E-state index is 0.0482. The number of alkyl halides is 2. The number of hydrogen-bond donors (Lipinski definition) is 8. The Kier molecular flexibility index (Phi) is 28.8. The molecule has 0 radical (unpaired) electrons. The molecule has 16 rings (SSSR count). The summed E-state index contributed by atoms with van der Waals surface area (Å²) >= 11 is 0. The first-order chi connectivity index (χ1) is 61.6. The summed E-state index contributed by atoms with van der Waals surface area (Å²) in [5.41, 5.74) is 16.7. The average Bonchev–Trinajstić information content (AvgIpc) is 1.65. The number of rotatable bonds is 25. The van der Waals surface area contributed by atoms with Crippen LogP contribution in [0.4, 0.5) is 50.7 Å². The Balaban J connectivity index is 0.000000147. The van der Waals surface area contributed by atoms with Crippen molar-refractivity contribution in [1.82, 2.24) is 87.9 Å². The largest absolute Gasteiger partial charge is 0.481 e. The van der Waals surface area contributed by atoms with Crippen LogP contribution in [0.25, 0.3) is 44.5 Å². The molecular formula is C85H94F2N22O16S4. The van der Waals surface area contributed by atoms with Crippen LogP contribution in [-0.2, 0) is 98.0 Å². The van der Waals surface area contributed by atoms with Crippen molar-refractivity contribution in [3.63, 3.8) is 0 Å². The van der Waals surface area contributed by atoms with Gasteiger partial charge in [0.25, 0.3) is 41.7 Å². The molecule has 0 bridgehead atoms. The fourth-order valence-electron chi connectivity index (χ4n) is 14.9. The lowest BCUT2D eigenvalue weighted by molar-refractivity contribution is 0.121. The van der Waals surface area contributed by atoms with Gasteiger partial charge in [-0.05, 0) is 210 Å². The van der Waals surface area contributed by atoms with Crippen LogP contribution in [0.3, 0.4) is 0 Å². The molecule has 4 aromatic carbocycles. The number of aromatic nitrogens is 14. The normalized spacial score (nSPS) is 13.1. The van der Waals surface area contributed by atoms with Gasteiger partial charge in [-0.15, -0.1) is 10.2 Å². The maximum atomic E-state index is 12.8. The van der Waals surface area contributed by atoms with Gasteiger partial charge in [0.05, 0.1) is 69.9 Å². The lowest BCUT2D eigenvalue weighted by Gasteiger charge is -2.17. The number of hydrogen-bond acceptors (Lipinski definition) is 26. The fourth-order valence-corrected chi connectivity index (χ4v) is 18.2. The van der Waals surface area contributed by atoms with E-state index in [1.54, 1.807) is 59.7 Å². The number of ether oxygens (including phenoxy) is 4. The van der Waals surface area contributed by atoms with Crippen LogP contribution in [-0.4, -0.2) is 162 Å². The number of amides is 8. The van der Waals surface area contributed by atoms with Crippen molar-refractivity contribution in [3.8, 4) is 68.0 Å². The van der Waals surface area contributed by atoms with Crippen LogP contribution >= 0.6 is 0 Å². The standard InChI is InChI=1S/C22H25N5O4S.C21H21F2N5O4S.2C21H24N6O4S/c1-14(2)27-12-20(24-13-27)32(29,30)26-22(28)25-21-17-6-4-5-15(17)7-8-18(21)16-9-10-23-19(11-16)31-3;1-32-19-9-14(7-8-24-19)17-6-5-13-3-2-4-16(13)20(17)26-21(29)27-33(30,31)15-10-25-28(11-15)12-18(22)23;1-13(2)27-12-23-21(25-27)32(29,30)26-20(28)24-19-16-6-4-5-14(16)7-8-17(19)15-9-10-22-18(11-15)31-3;1-13(2)27-12-19(24-26-27)32(29,30)25-21(28)23-20-16-6-4-5-14(16)7-8-17(20)15-9-10-22-18(11-15)31-3/h7-14H,4-6H2,1-3H3,(H2,25,26,28);5-11,18H,2-4,12H2,1H3,(H2,26,27,29);7-13H,4-6H2,1-3H3,(H2,24,26,28);7-13H,4-6H2,1-3H3,(H2,23,25,28). The maximum absolute atomic E-state index is 12.8. The summed E-state index contributed by atoms with van der Waals surface area (Å²) in [5.74, 6) is 1.72. The Morgan fingerprint density at radius 1 is 0.403 bits per heavy atom. The van der Waals surface area contributed by atoms with E-state index in [4.69, 9.17) is 18.9 Å². The molecule has 0 saturated heterocycles. The Morgan fingerprint density at radius 2 is 0.760 bits per heavy atom. The van der Waals surface area contributed by atoms with Crippen LogP contribution < -0.4 is 59.1 Å². The van der Waals surface area contributed by atoms with Crippen molar-refractivity contribution < 1.29 is 80.6 Å². The molecule has 0 spiro atoms. The molecule has 678 valence electrons. The summed E-state index contributed by atoms with van der Waals surface area (Å²) in [6, 6.07) is 26.3. The topological polar surface area (TPSA) is 487 Å². The van der Waals surface area contributed by atoms with E-state index in [2.05, 4.69) is 76.4 Å². The van der Waals surface area contributed by atoms with E-state index >= 15 is 0 Å². The van der Waals surface area contributed by atoms with E-state index in [0.29, 0.717) is 51.8 Å². The number of imidazole rings is 1. The minimum atomic E-state index is -4.32. The predicted octanol–water partition coefficient (Wildman–Crippen LogP) is 12.6. The summed E-state index contributed by atoms with van der Waals surface area (Å²) < 4.78 is 160. The molecule has 0 unspecified atom stereocenters. The van der Waals surface area contributed by atoms with Crippen molar-refractivity contribution in [1.29, 1.82) is 0 Å². The van der Waals surface area contributed by atoms with Crippen LogP contribution in [0.5, 0.6) is 23.5 Å². The van der Waals surface area contributed by atoms with E-state index in [-0.39, 0.29) is 28.2 Å². The third-order valence-corrected chi connectivity index (χ3v) is 26.1. The summed E-state index contributed by atoms with van der Waals surface area (Å²) in [6.45, 7) is 10.4. The van der Waals surface area contributed by atoms with Crippen LogP contribution in [0.2, 0.25) is 0 Å². The minimum Gasteiger partial charge on any atom is -0.481 e. The van der Waals surface area contributed by atoms with Crippen molar-refractivity contribution in [2.75, 3.05) is 49.7 Å². The molecule has 38 nitrogen and oxygen atoms in total. The van der Waals surface area contributed by atoms with Gasteiger partial charge in [0.2, 0.25) is 28.5 Å². The van der Waals surface area contributed by atoms with Crippen LogP contribution in [0.1, 0.15) is 130 Å². The molecule has 4 aliphatic rings. The van der Waals surface area contributed by atoms with E-state index < -0.39 is 87.2 Å². The number of benzene rings is 4. The second kappa shape index (κ2) is 40.0. The molecule has 44 heteroatoms. The number of aryl methyl sites for hydroxylation is 4. The highest BCUT2D eigenvalue weighted by molar-refractivity contribution is 7.90. The fraction of sp³-hybridized carbons (Fsp3) is 0.318. The Bertz CT molecular complexity index is 6220. The number of fused-ring (bicyclic) bond motifs is 4. The number of methoxy groups -OCH3 is 4. The average molecular weight is 1850 g/mol. The van der Waals surface area contributed by atoms with Crippen molar-refractivity contribution >= 4 is 87.0 Å². The Morgan fingerprint density at radius 3 is 1.09 bits per heavy atom. The van der Waals surface area contributed by atoms with Crippen LogP contribution in [0, 0.1) is 0 Å². The SMILES string of the molecule is COc1cc(-c2ccc3c(c2NC(=O)NS(=O)(=O)c2cn(C(C)C)cn2)CCC3)ccn1.COc1cc(-c2ccc3c(c2NC(=O)NS(=O)(=O)c2cn(C(C)C)nn2)CCC3)ccn1.COc1cc(-c2ccc3c(c2NC(=O)NS(=O)(=O)c2cnn(CC(F)F)c2)CCC3)ccn1.COc1cc(-c2ccc3c(c2NC(=O)NS(=O)(=O)c2ncn(C(C)C)n2)CCC3)ccn1. The summed E-state index contributed by atoms with van der Waals surface area (Å²) in [4.78, 5) is 74.8. The van der Waals surface area contributed by atoms with Crippen molar-refractivity contribution in [2.24, 2.45) is 0 Å². The number of carbonyl (C=O) groups excluding carboxylic acids is 4. The smallest absolute Gasteiger partial charge is 0.333 e.